The summed E-state index contributed by atoms with van der Waals surface area (Å²) in [6.45, 7) is 7.64. The molecule has 4 rings (SSSR count). The first-order valence-electron chi connectivity index (χ1n) is 8.78. The van der Waals surface area contributed by atoms with Gasteiger partial charge in [0.15, 0.2) is 0 Å². The van der Waals surface area contributed by atoms with Gasteiger partial charge in [0.05, 0.1) is 13.2 Å². The number of nitrogens with zero attached hydrogens (tertiary/aromatic N) is 1. The second-order valence-electron chi connectivity index (χ2n) is 7.73. The van der Waals surface area contributed by atoms with E-state index in [1.54, 1.807) is 0 Å². The van der Waals surface area contributed by atoms with Gasteiger partial charge in [-0.15, -0.1) is 0 Å². The number of amides is 1. The van der Waals surface area contributed by atoms with Gasteiger partial charge in [0, 0.05) is 43.4 Å². The second-order valence-corrected chi connectivity index (χ2v) is 7.73. The zero-order valence-electron chi connectivity index (χ0n) is 13.9. The Hall–Kier alpha value is -1.39. The molecule has 1 aliphatic carbocycles. The molecular formula is C19H26N2O2. The van der Waals surface area contributed by atoms with Crippen LogP contribution in [0.2, 0.25) is 0 Å². The highest BCUT2D eigenvalue weighted by atomic mass is 16.5. The fourth-order valence-corrected chi connectivity index (χ4v) is 4.14. The third kappa shape index (κ3) is 3.15. The van der Waals surface area contributed by atoms with Crippen LogP contribution in [0, 0.1) is 24.2 Å². The Morgan fingerprint density at radius 3 is 3.09 bits per heavy atom. The zero-order valence-corrected chi connectivity index (χ0v) is 13.9. The highest BCUT2D eigenvalue weighted by molar-refractivity contribution is 5.80. The van der Waals surface area contributed by atoms with E-state index in [0.717, 1.165) is 52.2 Å². The average Bonchev–Trinajstić information content (AvgIpc) is 3.21. The SMILES string of the molecule is Cc1cccc(CN2C[C@@H]3COC[C@]3(CNC(=O)C3CC3)C2)c1. The molecule has 1 aromatic rings. The Kier molecular flexibility index (Phi) is 3.90. The Labute approximate surface area is 138 Å². The predicted molar refractivity (Wildman–Crippen MR) is 88.9 cm³/mol. The number of nitrogens with one attached hydrogen (secondary N) is 1. The first-order chi connectivity index (χ1) is 11.1. The number of fused-ring (bicyclic) bond motifs is 1. The standard InChI is InChI=1S/C19H26N2O2/c1-14-3-2-4-15(7-14)8-21-9-17-10-23-13-19(17,12-21)11-20-18(22)16-5-6-16/h2-4,7,16-17H,5-6,8-13H2,1H3,(H,20,22)/t17-,19+/m1/s1. The van der Waals surface area contributed by atoms with E-state index in [1.165, 1.54) is 11.1 Å². The summed E-state index contributed by atoms with van der Waals surface area (Å²) in [5.74, 6) is 1.09. The third-order valence-electron chi connectivity index (χ3n) is 5.64. The van der Waals surface area contributed by atoms with Crippen LogP contribution in [0.4, 0.5) is 0 Å². The van der Waals surface area contributed by atoms with Gasteiger partial charge in [0.2, 0.25) is 5.91 Å². The fraction of sp³-hybridized carbons (Fsp3) is 0.632. The minimum Gasteiger partial charge on any atom is -0.380 e. The number of likely N-dealkylation sites (tertiary alicyclic amines) is 1. The number of rotatable bonds is 5. The molecule has 0 radical (unpaired) electrons. The van der Waals surface area contributed by atoms with Gasteiger partial charge in [-0.25, -0.2) is 0 Å². The van der Waals surface area contributed by atoms with Gasteiger partial charge in [-0.05, 0) is 25.3 Å². The smallest absolute Gasteiger partial charge is 0.223 e. The average molecular weight is 314 g/mol. The first-order valence-corrected chi connectivity index (χ1v) is 8.78. The van der Waals surface area contributed by atoms with Gasteiger partial charge in [-0.2, -0.15) is 0 Å². The lowest BCUT2D eigenvalue weighted by Crippen LogP contribution is -2.43. The maximum Gasteiger partial charge on any atom is 0.223 e. The molecule has 2 heterocycles. The molecule has 1 saturated carbocycles. The van der Waals surface area contributed by atoms with Crippen LogP contribution in [0.3, 0.4) is 0 Å². The van der Waals surface area contributed by atoms with Gasteiger partial charge in [-0.3, -0.25) is 9.69 Å². The maximum atomic E-state index is 12.0. The number of aryl methyl sites for hydroxylation is 1. The van der Waals surface area contributed by atoms with Gasteiger partial charge in [-0.1, -0.05) is 29.8 Å². The molecule has 0 unspecified atom stereocenters. The number of hydrogen-bond acceptors (Lipinski definition) is 3. The van der Waals surface area contributed by atoms with Crippen molar-refractivity contribution in [3.05, 3.63) is 35.4 Å². The lowest BCUT2D eigenvalue weighted by molar-refractivity contribution is -0.122. The summed E-state index contributed by atoms with van der Waals surface area (Å²) in [5.41, 5.74) is 2.81. The Morgan fingerprint density at radius 2 is 2.30 bits per heavy atom. The number of hydrogen-bond donors (Lipinski definition) is 1. The maximum absolute atomic E-state index is 12.0. The van der Waals surface area contributed by atoms with E-state index < -0.39 is 0 Å². The fourth-order valence-electron chi connectivity index (χ4n) is 4.14. The molecule has 3 fully saturated rings. The van der Waals surface area contributed by atoms with Crippen LogP contribution in [0.25, 0.3) is 0 Å². The summed E-state index contributed by atoms with van der Waals surface area (Å²) in [4.78, 5) is 14.5. The Bertz CT molecular complexity index is 599. The van der Waals surface area contributed by atoms with E-state index >= 15 is 0 Å². The van der Waals surface area contributed by atoms with Crippen molar-refractivity contribution < 1.29 is 9.53 Å². The van der Waals surface area contributed by atoms with Crippen molar-refractivity contribution >= 4 is 5.91 Å². The van der Waals surface area contributed by atoms with Gasteiger partial charge in [0.25, 0.3) is 0 Å². The highest BCUT2D eigenvalue weighted by Crippen LogP contribution is 2.41. The number of carbonyl (C=O) groups is 1. The summed E-state index contributed by atoms with van der Waals surface area (Å²) in [7, 11) is 0. The first kappa shape index (κ1) is 15.2. The van der Waals surface area contributed by atoms with Crippen molar-refractivity contribution in [3.63, 3.8) is 0 Å². The van der Waals surface area contributed by atoms with Crippen molar-refractivity contribution in [1.82, 2.24) is 10.2 Å². The molecule has 2 saturated heterocycles. The van der Waals surface area contributed by atoms with E-state index in [9.17, 15) is 4.79 Å². The molecule has 23 heavy (non-hydrogen) atoms. The zero-order chi connectivity index (χ0) is 15.9. The second kappa shape index (κ2) is 5.91. The van der Waals surface area contributed by atoms with Gasteiger partial charge >= 0.3 is 0 Å². The highest BCUT2D eigenvalue weighted by Gasteiger charge is 2.50. The van der Waals surface area contributed by atoms with E-state index in [4.69, 9.17) is 4.74 Å². The normalized spacial score (nSPS) is 30.4. The molecule has 2 atom stereocenters. The summed E-state index contributed by atoms with van der Waals surface area (Å²) in [5, 5.41) is 3.20. The summed E-state index contributed by atoms with van der Waals surface area (Å²) in [6, 6.07) is 8.76. The van der Waals surface area contributed by atoms with Crippen LogP contribution >= 0.6 is 0 Å². The van der Waals surface area contributed by atoms with E-state index in [-0.39, 0.29) is 17.2 Å². The summed E-state index contributed by atoms with van der Waals surface area (Å²) >= 11 is 0. The van der Waals surface area contributed by atoms with Crippen LogP contribution in [0.15, 0.2) is 24.3 Å². The number of ether oxygens (including phenoxy) is 1. The number of benzene rings is 1. The molecule has 1 N–H and O–H groups in total. The lowest BCUT2D eigenvalue weighted by atomic mass is 9.81. The van der Waals surface area contributed by atoms with Crippen LogP contribution < -0.4 is 5.32 Å². The van der Waals surface area contributed by atoms with Crippen molar-refractivity contribution in [3.8, 4) is 0 Å². The molecule has 0 aromatic heterocycles. The molecule has 4 nitrogen and oxygen atoms in total. The predicted octanol–water partition coefficient (Wildman–Crippen LogP) is 1.97. The summed E-state index contributed by atoms with van der Waals surface area (Å²) < 4.78 is 5.76. The Morgan fingerprint density at radius 1 is 1.43 bits per heavy atom. The number of carbonyl (C=O) groups excluding carboxylic acids is 1. The van der Waals surface area contributed by atoms with E-state index in [2.05, 4.69) is 41.4 Å². The quantitative estimate of drug-likeness (QED) is 0.903. The molecule has 2 aliphatic heterocycles. The molecule has 0 spiro atoms. The molecule has 0 bridgehead atoms. The van der Waals surface area contributed by atoms with Crippen molar-refractivity contribution in [2.24, 2.45) is 17.3 Å². The molecule has 4 heteroatoms. The molecule has 1 amide bonds. The summed E-state index contributed by atoms with van der Waals surface area (Å²) in [6.07, 6.45) is 2.14. The Balaban J connectivity index is 1.40. The van der Waals surface area contributed by atoms with Gasteiger partial charge in [0.1, 0.15) is 0 Å². The topological polar surface area (TPSA) is 41.6 Å². The third-order valence-corrected chi connectivity index (χ3v) is 5.64. The molecule has 3 aliphatic rings. The molecular weight excluding hydrogens is 288 g/mol. The van der Waals surface area contributed by atoms with Crippen molar-refractivity contribution in [2.45, 2.75) is 26.3 Å². The van der Waals surface area contributed by atoms with Crippen molar-refractivity contribution in [1.29, 1.82) is 0 Å². The lowest BCUT2D eigenvalue weighted by Gasteiger charge is -2.27. The van der Waals surface area contributed by atoms with Crippen LogP contribution in [0.5, 0.6) is 0 Å². The van der Waals surface area contributed by atoms with Gasteiger partial charge < -0.3 is 10.1 Å². The van der Waals surface area contributed by atoms with E-state index in [1.807, 2.05) is 0 Å². The largest absolute Gasteiger partial charge is 0.380 e. The van der Waals surface area contributed by atoms with Crippen molar-refractivity contribution in [2.75, 3.05) is 32.8 Å². The van der Waals surface area contributed by atoms with E-state index in [0.29, 0.717) is 5.92 Å². The molecule has 124 valence electrons. The van der Waals surface area contributed by atoms with Crippen LogP contribution in [-0.4, -0.2) is 43.7 Å². The van der Waals surface area contributed by atoms with Crippen LogP contribution in [-0.2, 0) is 16.1 Å². The minimum absolute atomic E-state index is 0.119. The van der Waals surface area contributed by atoms with Crippen LogP contribution in [0.1, 0.15) is 24.0 Å². The monoisotopic (exact) mass is 314 g/mol. The minimum atomic E-state index is 0.119. The molecule has 1 aromatic carbocycles.